The number of benzene rings is 1. The molecule has 2 heterocycles. The van der Waals surface area contributed by atoms with Gasteiger partial charge in [-0.15, -0.1) is 11.3 Å². The first-order chi connectivity index (χ1) is 14.1. The number of fused-ring (bicyclic) bond motifs is 3. The molecule has 1 fully saturated rings. The van der Waals surface area contributed by atoms with E-state index in [0.29, 0.717) is 13.1 Å². The van der Waals surface area contributed by atoms with Crippen LogP contribution in [0.3, 0.4) is 0 Å². The first-order valence-electron chi connectivity index (χ1n) is 10.8. The third kappa shape index (κ3) is 4.11. The number of hydrogen-bond acceptors (Lipinski definition) is 3. The van der Waals surface area contributed by atoms with Gasteiger partial charge in [0, 0.05) is 37.5 Å². The molecule has 0 atom stereocenters. The molecule has 4 rings (SSSR count). The van der Waals surface area contributed by atoms with E-state index in [-0.39, 0.29) is 17.7 Å². The van der Waals surface area contributed by atoms with Crippen LogP contribution in [0.1, 0.15) is 53.4 Å². The Bertz CT molecular complexity index is 896. The van der Waals surface area contributed by atoms with Gasteiger partial charge in [-0.05, 0) is 54.9 Å². The van der Waals surface area contributed by atoms with E-state index in [1.54, 1.807) is 11.3 Å². The molecule has 1 aliphatic heterocycles. The van der Waals surface area contributed by atoms with E-state index in [2.05, 4.69) is 37.3 Å². The summed E-state index contributed by atoms with van der Waals surface area (Å²) in [5, 5.41) is 0. The lowest BCUT2D eigenvalue weighted by Gasteiger charge is -2.33. The lowest BCUT2D eigenvalue weighted by molar-refractivity contribution is -0.135. The van der Waals surface area contributed by atoms with Crippen molar-refractivity contribution in [3.05, 3.63) is 46.3 Å². The standard InChI is InChI=1S/C24H30N2O2S/c1-3-4-13-25(2)23(27)18-11-14-26(15-12-18)24(28)21-16-19-10-9-17-7-5-6-8-20(17)22(19)29-21/h5-8,16,18H,3-4,9-15H2,1-2H3. The van der Waals surface area contributed by atoms with Gasteiger partial charge >= 0.3 is 0 Å². The second-order valence-electron chi connectivity index (χ2n) is 8.30. The number of amides is 2. The molecule has 0 saturated carbocycles. The van der Waals surface area contributed by atoms with Crippen molar-refractivity contribution in [3.8, 4) is 10.4 Å². The number of thiophene rings is 1. The maximum absolute atomic E-state index is 13.1. The van der Waals surface area contributed by atoms with Gasteiger partial charge in [-0.3, -0.25) is 9.59 Å². The van der Waals surface area contributed by atoms with Crippen molar-refractivity contribution in [2.24, 2.45) is 5.92 Å². The third-order valence-corrected chi connectivity index (χ3v) is 7.50. The number of hydrogen-bond donors (Lipinski definition) is 0. The Hall–Kier alpha value is -2.14. The first-order valence-corrected chi connectivity index (χ1v) is 11.7. The highest BCUT2D eigenvalue weighted by atomic mass is 32.1. The van der Waals surface area contributed by atoms with Crippen LogP contribution in [-0.2, 0) is 17.6 Å². The van der Waals surface area contributed by atoms with Crippen LogP contribution in [0.15, 0.2) is 30.3 Å². The fourth-order valence-corrected chi connectivity index (χ4v) is 5.72. The monoisotopic (exact) mass is 410 g/mol. The van der Waals surface area contributed by atoms with Crippen LogP contribution in [0.4, 0.5) is 0 Å². The molecular weight excluding hydrogens is 380 g/mol. The minimum absolute atomic E-state index is 0.0596. The Labute approximate surface area is 177 Å². The Morgan fingerprint density at radius 2 is 1.86 bits per heavy atom. The van der Waals surface area contributed by atoms with Gasteiger partial charge in [0.05, 0.1) is 4.88 Å². The van der Waals surface area contributed by atoms with E-state index < -0.39 is 0 Å². The number of piperidine rings is 1. The van der Waals surface area contributed by atoms with Crippen molar-refractivity contribution in [1.29, 1.82) is 0 Å². The second kappa shape index (κ2) is 8.70. The van der Waals surface area contributed by atoms with Gasteiger partial charge in [0.2, 0.25) is 5.91 Å². The quantitative estimate of drug-likeness (QED) is 0.721. The molecule has 5 heteroatoms. The van der Waals surface area contributed by atoms with E-state index in [1.165, 1.54) is 21.6 Å². The zero-order valence-electron chi connectivity index (χ0n) is 17.4. The first kappa shape index (κ1) is 20.1. The average Bonchev–Trinajstić information content (AvgIpc) is 3.21. The minimum Gasteiger partial charge on any atom is -0.346 e. The molecule has 0 N–H and O–H groups in total. The molecule has 29 heavy (non-hydrogen) atoms. The van der Waals surface area contributed by atoms with Gasteiger partial charge in [0.1, 0.15) is 0 Å². The SMILES string of the molecule is CCCCN(C)C(=O)C1CCN(C(=O)c2cc3c(s2)-c2ccccc2CC3)CC1. The summed E-state index contributed by atoms with van der Waals surface area (Å²) in [4.78, 5) is 31.7. The highest BCUT2D eigenvalue weighted by molar-refractivity contribution is 7.17. The predicted molar refractivity (Wildman–Crippen MR) is 118 cm³/mol. The van der Waals surface area contributed by atoms with Crippen molar-refractivity contribution in [1.82, 2.24) is 9.80 Å². The molecule has 2 aromatic rings. The largest absolute Gasteiger partial charge is 0.346 e. The molecule has 0 spiro atoms. The predicted octanol–water partition coefficient (Wildman–Crippen LogP) is 4.62. The highest BCUT2D eigenvalue weighted by Crippen LogP contribution is 2.40. The normalized spacial score (nSPS) is 16.3. The van der Waals surface area contributed by atoms with Crippen LogP contribution in [0.5, 0.6) is 0 Å². The molecular formula is C24H30N2O2S. The molecule has 2 amide bonds. The summed E-state index contributed by atoms with van der Waals surface area (Å²) in [6.45, 7) is 4.33. The molecule has 1 aliphatic carbocycles. The summed E-state index contributed by atoms with van der Waals surface area (Å²) in [5.41, 5.74) is 3.98. The molecule has 1 aromatic carbocycles. The van der Waals surface area contributed by atoms with E-state index >= 15 is 0 Å². The van der Waals surface area contributed by atoms with Gasteiger partial charge in [0.15, 0.2) is 0 Å². The molecule has 0 radical (unpaired) electrons. The Morgan fingerprint density at radius 3 is 2.62 bits per heavy atom. The smallest absolute Gasteiger partial charge is 0.263 e. The number of likely N-dealkylation sites (tertiary alicyclic amines) is 1. The molecule has 4 nitrogen and oxygen atoms in total. The highest BCUT2D eigenvalue weighted by Gasteiger charge is 2.30. The number of carbonyl (C=O) groups excluding carboxylic acids is 2. The van der Waals surface area contributed by atoms with Crippen molar-refractivity contribution in [2.45, 2.75) is 45.4 Å². The summed E-state index contributed by atoms with van der Waals surface area (Å²) >= 11 is 1.63. The number of rotatable bonds is 5. The zero-order valence-corrected chi connectivity index (χ0v) is 18.3. The summed E-state index contributed by atoms with van der Waals surface area (Å²) in [7, 11) is 1.91. The maximum atomic E-state index is 13.1. The van der Waals surface area contributed by atoms with Gasteiger partial charge in [-0.1, -0.05) is 37.6 Å². The van der Waals surface area contributed by atoms with Crippen LogP contribution >= 0.6 is 11.3 Å². The van der Waals surface area contributed by atoms with Crippen LogP contribution in [-0.4, -0.2) is 48.3 Å². The zero-order chi connectivity index (χ0) is 20.4. The second-order valence-corrected chi connectivity index (χ2v) is 9.35. The van der Waals surface area contributed by atoms with Crippen LogP contribution < -0.4 is 0 Å². The molecule has 0 unspecified atom stereocenters. The van der Waals surface area contributed by atoms with Crippen LogP contribution in [0.2, 0.25) is 0 Å². The van der Waals surface area contributed by atoms with E-state index in [9.17, 15) is 9.59 Å². The topological polar surface area (TPSA) is 40.6 Å². The lowest BCUT2D eigenvalue weighted by atomic mass is 9.91. The average molecular weight is 411 g/mol. The Balaban J connectivity index is 1.40. The van der Waals surface area contributed by atoms with Gasteiger partial charge in [-0.2, -0.15) is 0 Å². The van der Waals surface area contributed by atoms with E-state index in [0.717, 1.165) is 49.9 Å². The molecule has 1 aromatic heterocycles. The minimum atomic E-state index is 0.0596. The van der Waals surface area contributed by atoms with Gasteiger partial charge in [0.25, 0.3) is 5.91 Å². The van der Waals surface area contributed by atoms with E-state index in [1.807, 2.05) is 16.8 Å². The maximum Gasteiger partial charge on any atom is 0.263 e. The lowest BCUT2D eigenvalue weighted by Crippen LogP contribution is -2.43. The summed E-state index contributed by atoms with van der Waals surface area (Å²) < 4.78 is 0. The van der Waals surface area contributed by atoms with Crippen molar-refractivity contribution in [3.63, 3.8) is 0 Å². The fraction of sp³-hybridized carbons (Fsp3) is 0.500. The summed E-state index contributed by atoms with van der Waals surface area (Å²) in [6.07, 6.45) is 5.75. The van der Waals surface area contributed by atoms with Gasteiger partial charge in [-0.25, -0.2) is 0 Å². The number of unbranched alkanes of at least 4 members (excludes halogenated alkanes) is 1. The Kier molecular flexibility index (Phi) is 6.04. The summed E-state index contributed by atoms with van der Waals surface area (Å²) in [5.74, 6) is 0.435. The molecule has 0 bridgehead atoms. The van der Waals surface area contributed by atoms with Crippen LogP contribution in [0.25, 0.3) is 10.4 Å². The van der Waals surface area contributed by atoms with Gasteiger partial charge < -0.3 is 9.80 Å². The molecule has 2 aliphatic rings. The van der Waals surface area contributed by atoms with Crippen molar-refractivity contribution in [2.75, 3.05) is 26.7 Å². The third-order valence-electron chi connectivity index (χ3n) is 6.30. The van der Waals surface area contributed by atoms with Crippen molar-refractivity contribution < 1.29 is 9.59 Å². The van der Waals surface area contributed by atoms with Crippen LogP contribution in [0, 0.1) is 5.92 Å². The molecule has 1 saturated heterocycles. The van der Waals surface area contributed by atoms with E-state index in [4.69, 9.17) is 0 Å². The summed E-state index contributed by atoms with van der Waals surface area (Å²) in [6, 6.07) is 10.6. The number of nitrogens with zero attached hydrogens (tertiary/aromatic N) is 2. The Morgan fingerprint density at radius 1 is 1.14 bits per heavy atom. The molecule has 154 valence electrons. The van der Waals surface area contributed by atoms with Crippen molar-refractivity contribution >= 4 is 23.2 Å². The number of aryl methyl sites for hydroxylation is 2. The number of carbonyl (C=O) groups is 2. The fourth-order valence-electron chi connectivity index (χ4n) is 4.48.